The molecule has 132 valence electrons. The number of hydrogen-bond donors (Lipinski definition) is 1. The van der Waals surface area contributed by atoms with Crippen molar-refractivity contribution in [1.29, 1.82) is 0 Å². The van der Waals surface area contributed by atoms with Gasteiger partial charge in [0.2, 0.25) is 0 Å². The molecule has 1 aromatic carbocycles. The number of anilines is 2. The van der Waals surface area contributed by atoms with Crippen LogP contribution in [0.15, 0.2) is 42.6 Å². The zero-order valence-electron chi connectivity index (χ0n) is 13.6. The Morgan fingerprint density at radius 2 is 2.12 bits per heavy atom. The number of amides is 1. The molecular formula is C17H18FN3O3S. The van der Waals surface area contributed by atoms with Crippen LogP contribution in [0.5, 0.6) is 0 Å². The summed E-state index contributed by atoms with van der Waals surface area (Å²) < 4.78 is 36.5. The number of pyridine rings is 1. The number of hydrogen-bond acceptors (Lipinski definition) is 5. The lowest BCUT2D eigenvalue weighted by atomic mass is 10.2. The topological polar surface area (TPSA) is 79.4 Å². The van der Waals surface area contributed by atoms with Gasteiger partial charge < -0.3 is 10.2 Å². The van der Waals surface area contributed by atoms with Crippen LogP contribution in [0.3, 0.4) is 0 Å². The Kier molecular flexibility index (Phi) is 4.71. The van der Waals surface area contributed by atoms with Crippen LogP contribution in [-0.4, -0.2) is 43.9 Å². The third-order valence-corrected chi connectivity index (χ3v) is 5.96. The summed E-state index contributed by atoms with van der Waals surface area (Å²) in [5.41, 5.74) is 0.723. The molecule has 1 fully saturated rings. The molecule has 2 aromatic rings. The van der Waals surface area contributed by atoms with Gasteiger partial charge in [-0.3, -0.25) is 4.79 Å². The van der Waals surface area contributed by atoms with Crippen molar-refractivity contribution in [3.05, 3.63) is 54.0 Å². The van der Waals surface area contributed by atoms with Gasteiger partial charge in [-0.1, -0.05) is 6.07 Å². The highest BCUT2D eigenvalue weighted by molar-refractivity contribution is 7.91. The number of sulfone groups is 1. The van der Waals surface area contributed by atoms with Gasteiger partial charge in [0, 0.05) is 30.5 Å². The van der Waals surface area contributed by atoms with Gasteiger partial charge in [-0.05, 0) is 36.8 Å². The minimum atomic E-state index is -3.00. The van der Waals surface area contributed by atoms with Gasteiger partial charge in [0.05, 0.1) is 11.5 Å². The fourth-order valence-corrected chi connectivity index (χ4v) is 4.56. The van der Waals surface area contributed by atoms with E-state index in [2.05, 4.69) is 10.3 Å². The molecule has 3 rings (SSSR count). The van der Waals surface area contributed by atoms with E-state index in [9.17, 15) is 17.6 Å². The van der Waals surface area contributed by atoms with Crippen molar-refractivity contribution in [2.24, 2.45) is 0 Å². The molecule has 1 aliphatic heterocycles. The fraction of sp³-hybridized carbons (Fsp3) is 0.294. The number of halogens is 1. The predicted octanol–water partition coefficient (Wildman–Crippen LogP) is 2.10. The molecule has 25 heavy (non-hydrogen) atoms. The van der Waals surface area contributed by atoms with Crippen molar-refractivity contribution in [2.45, 2.75) is 12.5 Å². The van der Waals surface area contributed by atoms with Gasteiger partial charge in [0.1, 0.15) is 11.6 Å². The van der Waals surface area contributed by atoms with Gasteiger partial charge in [0.25, 0.3) is 5.91 Å². The third kappa shape index (κ3) is 4.14. The molecule has 1 aliphatic rings. The SMILES string of the molecule is CN(c1cc(C(=O)Nc2cccc(F)c2)ccn1)C1CCS(=O)(=O)C1. The van der Waals surface area contributed by atoms with E-state index in [1.807, 2.05) is 0 Å². The van der Waals surface area contributed by atoms with Gasteiger partial charge in [-0.25, -0.2) is 17.8 Å². The average Bonchev–Trinajstić information content (AvgIpc) is 2.94. The highest BCUT2D eigenvalue weighted by Gasteiger charge is 2.31. The Morgan fingerprint density at radius 3 is 2.80 bits per heavy atom. The summed E-state index contributed by atoms with van der Waals surface area (Å²) >= 11 is 0. The van der Waals surface area contributed by atoms with Crippen molar-refractivity contribution in [3.8, 4) is 0 Å². The summed E-state index contributed by atoms with van der Waals surface area (Å²) in [6, 6.07) is 8.63. The molecule has 2 heterocycles. The molecule has 1 unspecified atom stereocenters. The summed E-state index contributed by atoms with van der Waals surface area (Å²) in [4.78, 5) is 18.4. The molecule has 8 heteroatoms. The average molecular weight is 363 g/mol. The lowest BCUT2D eigenvalue weighted by molar-refractivity contribution is 0.102. The van der Waals surface area contributed by atoms with E-state index < -0.39 is 15.7 Å². The maximum Gasteiger partial charge on any atom is 0.255 e. The second kappa shape index (κ2) is 6.79. The lowest BCUT2D eigenvalue weighted by Gasteiger charge is -2.24. The first-order chi connectivity index (χ1) is 11.8. The molecule has 1 aromatic heterocycles. The Balaban J connectivity index is 1.76. The van der Waals surface area contributed by atoms with E-state index in [-0.39, 0.29) is 23.5 Å². The number of nitrogens with one attached hydrogen (secondary N) is 1. The summed E-state index contributed by atoms with van der Waals surface area (Å²) in [5, 5.41) is 2.63. The van der Waals surface area contributed by atoms with E-state index in [1.54, 1.807) is 30.1 Å². The molecule has 0 aliphatic carbocycles. The molecule has 0 spiro atoms. The standard InChI is InChI=1S/C17H18FN3O3S/c1-21(15-6-8-25(23,24)11-15)16-9-12(5-7-19-16)17(22)20-14-4-2-3-13(18)10-14/h2-5,7,9-10,15H,6,8,11H2,1H3,(H,20,22). The van der Waals surface area contributed by atoms with Crippen LogP contribution in [0.4, 0.5) is 15.9 Å². The van der Waals surface area contributed by atoms with Crippen LogP contribution < -0.4 is 10.2 Å². The Labute approximate surface area is 145 Å². The number of benzene rings is 1. The van der Waals surface area contributed by atoms with E-state index in [0.29, 0.717) is 23.5 Å². The first kappa shape index (κ1) is 17.3. The van der Waals surface area contributed by atoms with Gasteiger partial charge in [0.15, 0.2) is 9.84 Å². The van der Waals surface area contributed by atoms with Crippen molar-refractivity contribution < 1.29 is 17.6 Å². The predicted molar refractivity (Wildman–Crippen MR) is 94.1 cm³/mol. The van der Waals surface area contributed by atoms with Crippen LogP contribution in [0.25, 0.3) is 0 Å². The second-order valence-electron chi connectivity index (χ2n) is 6.03. The molecule has 1 amide bonds. The number of nitrogens with zero attached hydrogens (tertiary/aromatic N) is 2. The molecule has 1 N–H and O–H groups in total. The summed E-state index contributed by atoms with van der Waals surface area (Å²) in [5.74, 6) is -0.0433. The van der Waals surface area contributed by atoms with E-state index in [1.165, 1.54) is 24.4 Å². The highest BCUT2D eigenvalue weighted by atomic mass is 32.2. The molecule has 0 radical (unpaired) electrons. The fourth-order valence-electron chi connectivity index (χ4n) is 2.79. The third-order valence-electron chi connectivity index (χ3n) is 4.21. The molecule has 0 saturated carbocycles. The molecular weight excluding hydrogens is 345 g/mol. The van der Waals surface area contributed by atoms with Gasteiger partial charge in [-0.15, -0.1) is 0 Å². The Morgan fingerprint density at radius 1 is 1.32 bits per heavy atom. The summed E-state index contributed by atoms with van der Waals surface area (Å²) in [7, 11) is -1.24. The quantitative estimate of drug-likeness (QED) is 0.900. The molecule has 1 saturated heterocycles. The second-order valence-corrected chi connectivity index (χ2v) is 8.26. The molecule has 6 nitrogen and oxygen atoms in total. The van der Waals surface area contributed by atoms with Crippen molar-refractivity contribution in [3.63, 3.8) is 0 Å². The van der Waals surface area contributed by atoms with Gasteiger partial charge >= 0.3 is 0 Å². The van der Waals surface area contributed by atoms with E-state index in [0.717, 1.165) is 0 Å². The minimum absolute atomic E-state index is 0.0882. The number of aromatic nitrogens is 1. The van der Waals surface area contributed by atoms with Crippen molar-refractivity contribution in [1.82, 2.24) is 4.98 Å². The van der Waals surface area contributed by atoms with Gasteiger partial charge in [-0.2, -0.15) is 0 Å². The van der Waals surface area contributed by atoms with Crippen LogP contribution in [0, 0.1) is 5.82 Å². The van der Waals surface area contributed by atoms with E-state index in [4.69, 9.17) is 0 Å². The largest absolute Gasteiger partial charge is 0.356 e. The normalized spacial score (nSPS) is 18.7. The zero-order chi connectivity index (χ0) is 18.0. The number of rotatable bonds is 4. The lowest BCUT2D eigenvalue weighted by Crippen LogP contribution is -2.33. The first-order valence-corrected chi connectivity index (χ1v) is 9.62. The maximum absolute atomic E-state index is 13.2. The monoisotopic (exact) mass is 363 g/mol. The number of carbonyl (C=O) groups excluding carboxylic acids is 1. The molecule has 1 atom stereocenters. The smallest absolute Gasteiger partial charge is 0.255 e. The Hall–Kier alpha value is -2.48. The van der Waals surface area contributed by atoms with Crippen LogP contribution in [0.2, 0.25) is 0 Å². The summed E-state index contributed by atoms with van der Waals surface area (Å²) in [6.45, 7) is 0. The molecule has 0 bridgehead atoms. The van der Waals surface area contributed by atoms with Crippen LogP contribution >= 0.6 is 0 Å². The maximum atomic E-state index is 13.2. The van der Waals surface area contributed by atoms with E-state index >= 15 is 0 Å². The zero-order valence-corrected chi connectivity index (χ0v) is 14.5. The highest BCUT2D eigenvalue weighted by Crippen LogP contribution is 2.22. The Bertz CT molecular complexity index is 902. The minimum Gasteiger partial charge on any atom is -0.356 e. The van der Waals surface area contributed by atoms with Crippen LogP contribution in [0.1, 0.15) is 16.8 Å². The van der Waals surface area contributed by atoms with Crippen LogP contribution in [-0.2, 0) is 9.84 Å². The first-order valence-electron chi connectivity index (χ1n) is 7.80. The summed E-state index contributed by atoms with van der Waals surface area (Å²) in [6.07, 6.45) is 2.04. The van der Waals surface area contributed by atoms with Crippen molar-refractivity contribution >= 4 is 27.2 Å². The van der Waals surface area contributed by atoms with Crippen molar-refractivity contribution in [2.75, 3.05) is 28.8 Å². The number of carbonyl (C=O) groups is 1.